The Labute approximate surface area is 149 Å². The smallest absolute Gasteiger partial charge is 0.261 e. The minimum atomic E-state index is -0.428. The van der Waals surface area contributed by atoms with Gasteiger partial charge < -0.3 is 15.0 Å². The van der Waals surface area contributed by atoms with Crippen molar-refractivity contribution in [2.75, 3.05) is 20.6 Å². The predicted molar refractivity (Wildman–Crippen MR) is 99.8 cm³/mol. The molecule has 3 rings (SSSR count). The van der Waals surface area contributed by atoms with Crippen LogP contribution in [0.15, 0.2) is 48.5 Å². The van der Waals surface area contributed by atoms with Crippen molar-refractivity contribution in [3.8, 4) is 5.75 Å². The topological polar surface area (TPSA) is 41.6 Å². The van der Waals surface area contributed by atoms with E-state index in [1.165, 1.54) is 11.1 Å². The molecular formula is C21H26N2O2. The predicted octanol–water partition coefficient (Wildman–Crippen LogP) is 2.97. The molecule has 0 aromatic heterocycles. The molecule has 4 nitrogen and oxygen atoms in total. The molecule has 132 valence electrons. The van der Waals surface area contributed by atoms with Gasteiger partial charge in [0, 0.05) is 13.0 Å². The molecule has 1 amide bonds. The fourth-order valence-electron chi connectivity index (χ4n) is 3.21. The lowest BCUT2D eigenvalue weighted by molar-refractivity contribution is -0.127. The Morgan fingerprint density at radius 3 is 2.56 bits per heavy atom. The van der Waals surface area contributed by atoms with Crippen molar-refractivity contribution < 1.29 is 9.53 Å². The molecule has 2 aromatic carbocycles. The summed E-state index contributed by atoms with van der Waals surface area (Å²) in [7, 11) is 4.07. The second-order valence-electron chi connectivity index (χ2n) is 6.74. The summed E-state index contributed by atoms with van der Waals surface area (Å²) in [6, 6.07) is 16.6. The van der Waals surface area contributed by atoms with Crippen LogP contribution in [0.25, 0.3) is 0 Å². The molecule has 4 heteroatoms. The highest BCUT2D eigenvalue weighted by molar-refractivity contribution is 5.82. The maximum absolute atomic E-state index is 12.5. The van der Waals surface area contributed by atoms with Gasteiger partial charge in [0.15, 0.2) is 6.10 Å². The molecule has 25 heavy (non-hydrogen) atoms. The first-order chi connectivity index (χ1) is 12.1. The molecule has 1 aliphatic heterocycles. The second-order valence-corrected chi connectivity index (χ2v) is 6.74. The molecule has 1 aliphatic rings. The molecule has 2 atom stereocenters. The number of nitrogens with zero attached hydrogens (tertiary/aromatic N) is 1. The summed E-state index contributed by atoms with van der Waals surface area (Å²) in [5, 5.41) is 3.06. The van der Waals surface area contributed by atoms with E-state index < -0.39 is 6.10 Å². The fraction of sp³-hybridized carbons (Fsp3) is 0.381. The van der Waals surface area contributed by atoms with E-state index in [0.717, 1.165) is 17.7 Å². The van der Waals surface area contributed by atoms with Gasteiger partial charge in [-0.25, -0.2) is 0 Å². The number of rotatable bonds is 6. The lowest BCUT2D eigenvalue weighted by Gasteiger charge is -2.26. The van der Waals surface area contributed by atoms with Crippen molar-refractivity contribution in [3.63, 3.8) is 0 Å². The van der Waals surface area contributed by atoms with E-state index in [1.807, 2.05) is 38.4 Å². The average molecular weight is 338 g/mol. The number of aryl methyl sites for hydroxylation is 1. The maximum Gasteiger partial charge on any atom is 0.261 e. The number of hydrogen-bond acceptors (Lipinski definition) is 3. The molecule has 0 radical (unpaired) electrons. The number of fused-ring (bicyclic) bond motifs is 1. The SMILES string of the molecule is CCc1ccc([C@@H](CNC(=O)[C@@H]2Cc3ccccc3O2)N(C)C)cc1. The third-order valence-corrected chi connectivity index (χ3v) is 4.81. The zero-order valence-electron chi connectivity index (χ0n) is 15.2. The Bertz CT molecular complexity index is 700. The third-order valence-electron chi connectivity index (χ3n) is 4.81. The Hall–Kier alpha value is -2.33. The van der Waals surface area contributed by atoms with Crippen molar-refractivity contribution >= 4 is 5.91 Å². The molecule has 0 saturated heterocycles. The first-order valence-corrected chi connectivity index (χ1v) is 8.86. The summed E-state index contributed by atoms with van der Waals surface area (Å²) in [5.41, 5.74) is 3.63. The highest BCUT2D eigenvalue weighted by Gasteiger charge is 2.29. The quantitative estimate of drug-likeness (QED) is 0.880. The number of nitrogens with one attached hydrogen (secondary N) is 1. The molecule has 0 unspecified atom stereocenters. The summed E-state index contributed by atoms with van der Waals surface area (Å²) >= 11 is 0. The molecule has 1 heterocycles. The van der Waals surface area contributed by atoms with Crippen LogP contribution in [0.1, 0.15) is 29.7 Å². The van der Waals surface area contributed by atoms with Gasteiger partial charge in [-0.3, -0.25) is 4.79 Å². The zero-order chi connectivity index (χ0) is 17.8. The molecule has 0 spiro atoms. The number of ether oxygens (including phenoxy) is 1. The van der Waals surface area contributed by atoms with E-state index in [-0.39, 0.29) is 11.9 Å². The van der Waals surface area contributed by atoms with Crippen LogP contribution >= 0.6 is 0 Å². The summed E-state index contributed by atoms with van der Waals surface area (Å²) in [6.07, 6.45) is 1.24. The van der Waals surface area contributed by atoms with Crippen molar-refractivity contribution in [1.82, 2.24) is 10.2 Å². The lowest BCUT2D eigenvalue weighted by Crippen LogP contribution is -2.41. The fourth-order valence-corrected chi connectivity index (χ4v) is 3.21. The van der Waals surface area contributed by atoms with Crippen molar-refractivity contribution in [1.29, 1.82) is 0 Å². The van der Waals surface area contributed by atoms with Crippen LogP contribution in [0.5, 0.6) is 5.75 Å². The number of benzene rings is 2. The lowest BCUT2D eigenvalue weighted by atomic mass is 10.0. The van der Waals surface area contributed by atoms with E-state index in [0.29, 0.717) is 13.0 Å². The van der Waals surface area contributed by atoms with Gasteiger partial charge in [0.2, 0.25) is 0 Å². The monoisotopic (exact) mass is 338 g/mol. The number of amides is 1. The Morgan fingerprint density at radius 1 is 1.20 bits per heavy atom. The summed E-state index contributed by atoms with van der Waals surface area (Å²) < 4.78 is 5.77. The van der Waals surface area contributed by atoms with E-state index >= 15 is 0 Å². The maximum atomic E-state index is 12.5. The van der Waals surface area contributed by atoms with Crippen LogP contribution < -0.4 is 10.1 Å². The second kappa shape index (κ2) is 7.70. The van der Waals surface area contributed by atoms with Crippen LogP contribution in [0.4, 0.5) is 0 Å². The standard InChI is InChI=1S/C21H26N2O2/c1-4-15-9-11-16(12-10-15)18(23(2)3)14-22-21(24)20-13-17-7-5-6-8-19(17)25-20/h5-12,18,20H,4,13-14H2,1-3H3,(H,22,24)/t18-,20+/m1/s1. The van der Waals surface area contributed by atoms with Gasteiger partial charge in [-0.1, -0.05) is 49.4 Å². The number of para-hydroxylation sites is 1. The van der Waals surface area contributed by atoms with Gasteiger partial charge in [-0.05, 0) is 43.3 Å². The molecule has 2 aromatic rings. The third kappa shape index (κ3) is 4.02. The summed E-state index contributed by atoms with van der Waals surface area (Å²) in [4.78, 5) is 14.6. The van der Waals surface area contributed by atoms with Crippen LogP contribution in [0, 0.1) is 0 Å². The van der Waals surface area contributed by atoms with Gasteiger partial charge >= 0.3 is 0 Å². The van der Waals surface area contributed by atoms with Gasteiger partial charge in [-0.2, -0.15) is 0 Å². The van der Waals surface area contributed by atoms with Crippen LogP contribution in [0.2, 0.25) is 0 Å². The van der Waals surface area contributed by atoms with E-state index in [4.69, 9.17) is 4.74 Å². The normalized spacial score (nSPS) is 17.0. The molecule has 0 saturated carbocycles. The highest BCUT2D eigenvalue weighted by atomic mass is 16.5. The molecular weight excluding hydrogens is 312 g/mol. The van der Waals surface area contributed by atoms with Gasteiger partial charge in [0.1, 0.15) is 5.75 Å². The summed E-state index contributed by atoms with van der Waals surface area (Å²) in [6.45, 7) is 2.71. The Morgan fingerprint density at radius 2 is 1.92 bits per heavy atom. The molecule has 0 aliphatic carbocycles. The largest absolute Gasteiger partial charge is 0.480 e. The van der Waals surface area contributed by atoms with Crippen LogP contribution in [0.3, 0.4) is 0 Å². The van der Waals surface area contributed by atoms with Gasteiger partial charge in [0.25, 0.3) is 5.91 Å². The Balaban J connectivity index is 1.61. The van der Waals surface area contributed by atoms with Crippen molar-refractivity contribution in [3.05, 3.63) is 65.2 Å². The van der Waals surface area contributed by atoms with Crippen molar-refractivity contribution in [2.24, 2.45) is 0 Å². The first kappa shape index (κ1) is 17.5. The van der Waals surface area contributed by atoms with Crippen molar-refractivity contribution in [2.45, 2.75) is 31.9 Å². The minimum absolute atomic E-state index is 0.0479. The first-order valence-electron chi connectivity index (χ1n) is 8.86. The molecule has 0 bridgehead atoms. The number of likely N-dealkylation sites (N-methyl/N-ethyl adjacent to an activating group) is 1. The van der Waals surface area contributed by atoms with Crippen LogP contribution in [-0.2, 0) is 17.6 Å². The average Bonchev–Trinajstić information content (AvgIpc) is 3.06. The van der Waals surface area contributed by atoms with E-state index in [9.17, 15) is 4.79 Å². The Kier molecular flexibility index (Phi) is 5.39. The van der Waals surface area contributed by atoms with Gasteiger partial charge in [-0.15, -0.1) is 0 Å². The molecule has 0 fully saturated rings. The minimum Gasteiger partial charge on any atom is -0.480 e. The highest BCUT2D eigenvalue weighted by Crippen LogP contribution is 2.28. The van der Waals surface area contributed by atoms with E-state index in [2.05, 4.69) is 41.4 Å². The van der Waals surface area contributed by atoms with E-state index in [1.54, 1.807) is 0 Å². The van der Waals surface area contributed by atoms with Gasteiger partial charge in [0.05, 0.1) is 6.04 Å². The summed E-state index contributed by atoms with van der Waals surface area (Å²) in [5.74, 6) is 0.773. The zero-order valence-corrected chi connectivity index (χ0v) is 15.2. The number of hydrogen-bond donors (Lipinski definition) is 1. The number of carbonyl (C=O) groups is 1. The van der Waals surface area contributed by atoms with Crippen LogP contribution in [-0.4, -0.2) is 37.6 Å². The number of carbonyl (C=O) groups excluding carboxylic acids is 1. The molecule has 1 N–H and O–H groups in total.